The Morgan fingerprint density at radius 1 is 1.38 bits per heavy atom. The number of imidazole rings is 1. The summed E-state index contributed by atoms with van der Waals surface area (Å²) in [6.45, 7) is 2.38. The number of nitrogens with zero attached hydrogens (tertiary/aromatic N) is 2. The molecule has 0 radical (unpaired) electrons. The largest absolute Gasteiger partial charge is 0.461 e. The van der Waals surface area contributed by atoms with E-state index in [9.17, 15) is 4.79 Å². The molecule has 0 N–H and O–H groups in total. The van der Waals surface area contributed by atoms with Crippen molar-refractivity contribution >= 4 is 17.6 Å². The summed E-state index contributed by atoms with van der Waals surface area (Å²) in [4.78, 5) is 16.0. The van der Waals surface area contributed by atoms with Gasteiger partial charge in [-0.05, 0) is 24.1 Å². The first-order valence-corrected chi connectivity index (χ1v) is 7.44. The summed E-state index contributed by atoms with van der Waals surface area (Å²) < 4.78 is 7.29. The van der Waals surface area contributed by atoms with Crippen LogP contribution in [-0.4, -0.2) is 15.5 Å². The van der Waals surface area contributed by atoms with Gasteiger partial charge in [-0.1, -0.05) is 37.1 Å². The van der Waals surface area contributed by atoms with Crippen LogP contribution in [0.15, 0.2) is 43.0 Å². The van der Waals surface area contributed by atoms with Gasteiger partial charge in [0, 0.05) is 23.5 Å². The number of ether oxygens (including phenoxy) is 1. The molecule has 0 saturated carbocycles. The van der Waals surface area contributed by atoms with Gasteiger partial charge in [0.15, 0.2) is 0 Å². The first kappa shape index (κ1) is 15.6. The fourth-order valence-electron chi connectivity index (χ4n) is 2.17. The quantitative estimate of drug-likeness (QED) is 0.726. The first-order valence-electron chi connectivity index (χ1n) is 7.06. The summed E-state index contributed by atoms with van der Waals surface area (Å²) >= 11 is 5.82. The van der Waals surface area contributed by atoms with Crippen LogP contribution < -0.4 is 0 Å². The number of benzene rings is 1. The third-order valence-corrected chi connectivity index (χ3v) is 3.54. The van der Waals surface area contributed by atoms with Gasteiger partial charge < -0.3 is 9.30 Å². The summed E-state index contributed by atoms with van der Waals surface area (Å²) in [5.41, 5.74) is 0.933. The van der Waals surface area contributed by atoms with Crippen molar-refractivity contribution in [2.45, 2.75) is 38.8 Å². The van der Waals surface area contributed by atoms with Gasteiger partial charge in [-0.25, -0.2) is 4.98 Å². The van der Waals surface area contributed by atoms with Gasteiger partial charge in [0.2, 0.25) is 0 Å². The lowest BCUT2D eigenvalue weighted by Crippen LogP contribution is -2.15. The monoisotopic (exact) mass is 306 g/mol. The molecule has 1 heterocycles. The molecule has 0 aliphatic carbocycles. The average molecular weight is 307 g/mol. The topological polar surface area (TPSA) is 44.1 Å². The van der Waals surface area contributed by atoms with Gasteiger partial charge in [-0.2, -0.15) is 0 Å². The molecule has 0 bridgehead atoms. The molecule has 1 aromatic heterocycles. The standard InChI is InChI=1S/C16H19ClN2O2/c1-2-3-15(19-9-8-18-12-19)10-16(20)21-11-13-4-6-14(17)7-5-13/h4-9,12,15H,2-3,10-11H2,1H3. The second-order valence-electron chi connectivity index (χ2n) is 4.94. The summed E-state index contributed by atoms with van der Waals surface area (Å²) in [7, 11) is 0. The van der Waals surface area contributed by atoms with Gasteiger partial charge in [0.05, 0.1) is 12.7 Å². The summed E-state index contributed by atoms with van der Waals surface area (Å²) in [5, 5.41) is 0.674. The lowest BCUT2D eigenvalue weighted by atomic mass is 10.1. The highest BCUT2D eigenvalue weighted by Crippen LogP contribution is 2.19. The molecule has 1 unspecified atom stereocenters. The van der Waals surface area contributed by atoms with Gasteiger partial charge in [0.25, 0.3) is 0 Å². The van der Waals surface area contributed by atoms with E-state index in [0.29, 0.717) is 11.4 Å². The van der Waals surface area contributed by atoms with Crippen LogP contribution in [0.1, 0.15) is 37.8 Å². The van der Waals surface area contributed by atoms with Crippen molar-refractivity contribution in [3.05, 3.63) is 53.6 Å². The number of aromatic nitrogens is 2. The van der Waals surface area contributed by atoms with Gasteiger partial charge >= 0.3 is 5.97 Å². The van der Waals surface area contributed by atoms with E-state index in [1.54, 1.807) is 24.7 Å². The molecule has 5 heteroatoms. The first-order chi connectivity index (χ1) is 10.2. The number of hydrogen-bond acceptors (Lipinski definition) is 3. The van der Waals surface area contributed by atoms with Crippen LogP contribution >= 0.6 is 11.6 Å². The molecular formula is C16H19ClN2O2. The Kier molecular flexibility index (Phi) is 5.81. The summed E-state index contributed by atoms with van der Waals surface area (Å²) in [6.07, 6.45) is 7.64. The maximum atomic E-state index is 12.0. The van der Waals surface area contributed by atoms with Crippen LogP contribution in [0.3, 0.4) is 0 Å². The lowest BCUT2D eigenvalue weighted by molar-refractivity contribution is -0.146. The zero-order chi connectivity index (χ0) is 15.1. The molecule has 0 amide bonds. The third kappa shape index (κ3) is 4.90. The Bertz CT molecular complexity index is 552. The van der Waals surface area contributed by atoms with Gasteiger partial charge in [-0.15, -0.1) is 0 Å². The molecule has 4 nitrogen and oxygen atoms in total. The minimum atomic E-state index is -0.197. The number of hydrogen-bond donors (Lipinski definition) is 0. The highest BCUT2D eigenvalue weighted by atomic mass is 35.5. The van der Waals surface area contributed by atoms with Crippen LogP contribution in [0.4, 0.5) is 0 Å². The van der Waals surface area contributed by atoms with E-state index in [1.807, 2.05) is 22.9 Å². The molecule has 0 saturated heterocycles. The molecule has 1 atom stereocenters. The van der Waals surface area contributed by atoms with E-state index in [4.69, 9.17) is 16.3 Å². The normalized spacial score (nSPS) is 12.1. The highest BCUT2D eigenvalue weighted by molar-refractivity contribution is 6.30. The minimum absolute atomic E-state index is 0.107. The molecule has 21 heavy (non-hydrogen) atoms. The minimum Gasteiger partial charge on any atom is -0.461 e. The predicted molar refractivity (Wildman–Crippen MR) is 82.0 cm³/mol. The maximum Gasteiger partial charge on any atom is 0.308 e. The maximum absolute atomic E-state index is 12.0. The molecule has 0 aliphatic rings. The number of rotatable bonds is 7. The van der Waals surface area contributed by atoms with Gasteiger partial charge in [0.1, 0.15) is 6.61 Å². The summed E-state index contributed by atoms with van der Waals surface area (Å²) in [5.74, 6) is -0.197. The molecule has 2 aromatic rings. The van der Waals surface area contributed by atoms with E-state index >= 15 is 0 Å². The lowest BCUT2D eigenvalue weighted by Gasteiger charge is -2.16. The van der Waals surface area contributed by atoms with Gasteiger partial charge in [-0.3, -0.25) is 4.79 Å². The number of carbonyl (C=O) groups excluding carboxylic acids is 1. The van der Waals surface area contributed by atoms with E-state index in [2.05, 4.69) is 11.9 Å². The van der Waals surface area contributed by atoms with Crippen molar-refractivity contribution in [3.8, 4) is 0 Å². The molecule has 0 fully saturated rings. The number of esters is 1. The fraction of sp³-hybridized carbons (Fsp3) is 0.375. The van der Waals surface area contributed by atoms with E-state index in [-0.39, 0.29) is 18.6 Å². The smallest absolute Gasteiger partial charge is 0.308 e. The Balaban J connectivity index is 1.86. The van der Waals surface area contributed by atoms with Crippen molar-refractivity contribution in [1.29, 1.82) is 0 Å². The van der Waals surface area contributed by atoms with E-state index in [1.165, 1.54) is 0 Å². The molecular weight excluding hydrogens is 288 g/mol. The Labute approximate surface area is 129 Å². The van der Waals surface area contributed by atoms with Crippen LogP contribution in [0.5, 0.6) is 0 Å². The van der Waals surface area contributed by atoms with Crippen LogP contribution in [0.25, 0.3) is 0 Å². The Hall–Kier alpha value is -1.81. The predicted octanol–water partition coefficient (Wildman–Crippen LogP) is 4.01. The Morgan fingerprint density at radius 2 is 2.14 bits per heavy atom. The van der Waals surface area contributed by atoms with Crippen LogP contribution in [-0.2, 0) is 16.1 Å². The van der Waals surface area contributed by atoms with Crippen molar-refractivity contribution < 1.29 is 9.53 Å². The van der Waals surface area contributed by atoms with Crippen LogP contribution in [0.2, 0.25) is 5.02 Å². The van der Waals surface area contributed by atoms with Crippen molar-refractivity contribution in [2.75, 3.05) is 0 Å². The van der Waals surface area contributed by atoms with Crippen molar-refractivity contribution in [1.82, 2.24) is 9.55 Å². The second-order valence-corrected chi connectivity index (χ2v) is 5.38. The Morgan fingerprint density at radius 3 is 2.76 bits per heavy atom. The second kappa shape index (κ2) is 7.84. The highest BCUT2D eigenvalue weighted by Gasteiger charge is 2.15. The third-order valence-electron chi connectivity index (χ3n) is 3.28. The van der Waals surface area contributed by atoms with Crippen molar-refractivity contribution in [3.63, 3.8) is 0 Å². The molecule has 0 spiro atoms. The summed E-state index contributed by atoms with van der Waals surface area (Å²) in [6, 6.07) is 7.39. The fourth-order valence-corrected chi connectivity index (χ4v) is 2.30. The van der Waals surface area contributed by atoms with Crippen LogP contribution in [0, 0.1) is 0 Å². The molecule has 112 valence electrons. The van der Waals surface area contributed by atoms with Crippen molar-refractivity contribution in [2.24, 2.45) is 0 Å². The van der Waals surface area contributed by atoms with E-state index in [0.717, 1.165) is 18.4 Å². The SMILES string of the molecule is CCCC(CC(=O)OCc1ccc(Cl)cc1)n1ccnc1. The number of carbonyl (C=O) groups is 1. The number of halogens is 1. The average Bonchev–Trinajstić information content (AvgIpc) is 3.00. The zero-order valence-corrected chi connectivity index (χ0v) is 12.8. The molecule has 2 rings (SSSR count). The molecule has 1 aromatic carbocycles. The van der Waals surface area contributed by atoms with E-state index < -0.39 is 0 Å². The zero-order valence-electron chi connectivity index (χ0n) is 12.0. The molecule has 0 aliphatic heterocycles.